The maximum absolute atomic E-state index is 12.8. The molecule has 0 atom stereocenters. The van der Waals surface area contributed by atoms with Crippen molar-refractivity contribution in [3.8, 4) is 10.6 Å². The molecule has 0 saturated carbocycles. The fourth-order valence-corrected chi connectivity index (χ4v) is 6.30. The summed E-state index contributed by atoms with van der Waals surface area (Å²) in [5, 5.41) is 5.76. The lowest BCUT2D eigenvalue weighted by Crippen LogP contribution is -2.40. The van der Waals surface area contributed by atoms with Gasteiger partial charge < -0.3 is 10.1 Å². The van der Waals surface area contributed by atoms with Gasteiger partial charge in [0.1, 0.15) is 5.01 Å². The molecule has 2 heterocycles. The molecule has 2 aromatic carbocycles. The number of hydrogen-bond donors (Lipinski definition) is 1. The molecule has 1 aliphatic rings. The van der Waals surface area contributed by atoms with Gasteiger partial charge in [0.2, 0.25) is 15.9 Å². The summed E-state index contributed by atoms with van der Waals surface area (Å²) in [5.74, 6) is 0.690. The van der Waals surface area contributed by atoms with Gasteiger partial charge in [-0.15, -0.1) is 23.1 Å². The quantitative estimate of drug-likeness (QED) is 0.519. The zero-order valence-corrected chi connectivity index (χ0v) is 19.7. The number of hydrogen-bond acceptors (Lipinski definition) is 7. The van der Waals surface area contributed by atoms with Crippen molar-refractivity contribution in [2.24, 2.45) is 0 Å². The predicted molar refractivity (Wildman–Crippen MR) is 128 cm³/mol. The second kappa shape index (κ2) is 10.6. The van der Waals surface area contributed by atoms with Gasteiger partial charge in [-0.05, 0) is 18.2 Å². The van der Waals surface area contributed by atoms with Gasteiger partial charge in [0.05, 0.1) is 29.6 Å². The first-order valence-electron chi connectivity index (χ1n) is 10.1. The molecular weight excluding hydrogens is 466 g/mol. The molecule has 1 saturated heterocycles. The number of nitrogens with one attached hydrogen (secondary N) is 1. The van der Waals surface area contributed by atoms with E-state index >= 15 is 0 Å². The number of benzene rings is 2. The highest BCUT2D eigenvalue weighted by Gasteiger charge is 2.26. The number of sulfonamides is 1. The number of nitrogens with zero attached hydrogens (tertiary/aromatic N) is 2. The van der Waals surface area contributed by atoms with Gasteiger partial charge in [0.15, 0.2) is 0 Å². The summed E-state index contributed by atoms with van der Waals surface area (Å²) in [6.07, 6.45) is 0. The van der Waals surface area contributed by atoms with Crippen molar-refractivity contribution in [1.29, 1.82) is 0 Å². The topological polar surface area (TPSA) is 88.6 Å². The van der Waals surface area contributed by atoms with Crippen LogP contribution in [0.4, 0.5) is 5.69 Å². The Morgan fingerprint density at radius 1 is 1.12 bits per heavy atom. The fourth-order valence-electron chi connectivity index (χ4n) is 3.20. The van der Waals surface area contributed by atoms with Crippen LogP contribution in [0, 0.1) is 0 Å². The molecule has 3 aromatic rings. The minimum Gasteiger partial charge on any atom is -0.379 e. The summed E-state index contributed by atoms with van der Waals surface area (Å²) < 4.78 is 32.3. The average Bonchev–Trinajstić information content (AvgIpc) is 3.29. The largest absolute Gasteiger partial charge is 0.379 e. The van der Waals surface area contributed by atoms with Crippen LogP contribution in [-0.2, 0) is 25.3 Å². The van der Waals surface area contributed by atoms with E-state index in [2.05, 4.69) is 10.3 Å². The number of rotatable bonds is 8. The van der Waals surface area contributed by atoms with Gasteiger partial charge in [-0.1, -0.05) is 36.4 Å². The third-order valence-electron chi connectivity index (χ3n) is 4.78. The third-order valence-corrected chi connectivity index (χ3v) is 8.58. The monoisotopic (exact) mass is 489 g/mol. The molecule has 168 valence electrons. The molecule has 1 amide bonds. The summed E-state index contributed by atoms with van der Waals surface area (Å²) in [7, 11) is -3.60. The molecule has 7 nitrogen and oxygen atoms in total. The first kappa shape index (κ1) is 22.9. The maximum Gasteiger partial charge on any atom is 0.243 e. The Kier molecular flexibility index (Phi) is 7.59. The molecule has 1 aliphatic heterocycles. The summed E-state index contributed by atoms with van der Waals surface area (Å²) >= 11 is 3.05. The van der Waals surface area contributed by atoms with Crippen LogP contribution in [0.15, 0.2) is 64.9 Å². The van der Waals surface area contributed by atoms with Crippen LogP contribution >= 0.6 is 23.1 Å². The van der Waals surface area contributed by atoms with Crippen LogP contribution in [0.2, 0.25) is 0 Å². The number of carbonyl (C=O) groups is 1. The second-order valence-corrected chi connectivity index (χ2v) is 10.9. The highest BCUT2D eigenvalue weighted by atomic mass is 32.2. The smallest absolute Gasteiger partial charge is 0.243 e. The Morgan fingerprint density at radius 3 is 2.69 bits per heavy atom. The Labute approximate surface area is 195 Å². The number of amides is 1. The van der Waals surface area contributed by atoms with Crippen molar-refractivity contribution < 1.29 is 17.9 Å². The van der Waals surface area contributed by atoms with Crippen LogP contribution in [0.5, 0.6) is 0 Å². The van der Waals surface area contributed by atoms with Gasteiger partial charge in [0.25, 0.3) is 0 Å². The van der Waals surface area contributed by atoms with E-state index in [1.54, 1.807) is 29.5 Å². The second-order valence-electron chi connectivity index (χ2n) is 7.10. The van der Waals surface area contributed by atoms with Crippen molar-refractivity contribution in [3.63, 3.8) is 0 Å². The third kappa shape index (κ3) is 5.76. The van der Waals surface area contributed by atoms with E-state index < -0.39 is 10.0 Å². The summed E-state index contributed by atoms with van der Waals surface area (Å²) in [4.78, 5) is 17.2. The van der Waals surface area contributed by atoms with Gasteiger partial charge in [0, 0.05) is 35.5 Å². The Hall–Kier alpha value is -2.24. The normalized spacial score (nSPS) is 14.9. The molecule has 0 bridgehead atoms. The fraction of sp³-hybridized carbons (Fsp3) is 0.273. The lowest BCUT2D eigenvalue weighted by Gasteiger charge is -2.26. The number of thiazole rings is 1. The molecule has 0 unspecified atom stereocenters. The number of ether oxygens (including phenoxy) is 1. The first-order valence-corrected chi connectivity index (χ1v) is 13.6. The van der Waals surface area contributed by atoms with E-state index in [1.165, 1.54) is 22.1 Å². The lowest BCUT2D eigenvalue weighted by atomic mass is 10.2. The van der Waals surface area contributed by atoms with E-state index in [-0.39, 0.29) is 16.6 Å². The standard InChI is InChI=1S/C22H23N3O4S3/c26-21(16-30-14-19-15-31-22(24-19)17-5-2-1-3-6-17)23-18-7-4-8-20(13-18)32(27,28)25-9-11-29-12-10-25/h1-8,13,15H,9-12,14,16H2,(H,23,26). The highest BCUT2D eigenvalue weighted by Crippen LogP contribution is 2.25. The number of aromatic nitrogens is 1. The Morgan fingerprint density at radius 2 is 1.91 bits per heavy atom. The van der Waals surface area contributed by atoms with E-state index in [1.807, 2.05) is 35.7 Å². The first-order chi connectivity index (χ1) is 15.5. The van der Waals surface area contributed by atoms with Crippen LogP contribution < -0.4 is 5.32 Å². The molecule has 0 aliphatic carbocycles. The molecule has 4 rings (SSSR count). The molecule has 0 radical (unpaired) electrons. The minimum atomic E-state index is -3.60. The molecule has 32 heavy (non-hydrogen) atoms. The van der Waals surface area contributed by atoms with Crippen molar-refractivity contribution in [2.45, 2.75) is 10.6 Å². The van der Waals surface area contributed by atoms with Crippen molar-refractivity contribution in [1.82, 2.24) is 9.29 Å². The molecule has 10 heteroatoms. The van der Waals surface area contributed by atoms with Crippen molar-refractivity contribution in [2.75, 3.05) is 37.4 Å². The molecule has 1 N–H and O–H groups in total. The average molecular weight is 490 g/mol. The van der Waals surface area contributed by atoms with Crippen LogP contribution in [-0.4, -0.2) is 55.7 Å². The zero-order valence-electron chi connectivity index (χ0n) is 17.3. The number of thioether (sulfide) groups is 1. The molecule has 0 spiro atoms. The van der Waals surface area contributed by atoms with Crippen LogP contribution in [0.1, 0.15) is 5.69 Å². The summed E-state index contributed by atoms with van der Waals surface area (Å²) in [6, 6.07) is 16.4. The van der Waals surface area contributed by atoms with Crippen LogP contribution in [0.3, 0.4) is 0 Å². The van der Waals surface area contributed by atoms with E-state index in [4.69, 9.17) is 4.74 Å². The molecule has 1 aromatic heterocycles. The van der Waals surface area contributed by atoms with Gasteiger partial charge in [-0.3, -0.25) is 4.79 Å². The zero-order chi connectivity index (χ0) is 22.4. The Bertz CT molecular complexity index is 1160. The van der Waals surface area contributed by atoms with E-state index in [0.717, 1.165) is 16.3 Å². The number of morpholine rings is 1. The van der Waals surface area contributed by atoms with Crippen molar-refractivity contribution >= 4 is 44.7 Å². The lowest BCUT2D eigenvalue weighted by molar-refractivity contribution is -0.113. The predicted octanol–water partition coefficient (Wildman–Crippen LogP) is 3.70. The number of carbonyl (C=O) groups excluding carboxylic acids is 1. The summed E-state index contributed by atoms with van der Waals surface area (Å²) in [5.41, 5.74) is 2.48. The van der Waals surface area contributed by atoms with Gasteiger partial charge in [-0.25, -0.2) is 13.4 Å². The molecule has 1 fully saturated rings. The van der Waals surface area contributed by atoms with Crippen molar-refractivity contribution in [3.05, 3.63) is 65.7 Å². The highest BCUT2D eigenvalue weighted by molar-refractivity contribution is 7.99. The maximum atomic E-state index is 12.8. The van der Waals surface area contributed by atoms with Gasteiger partial charge in [-0.2, -0.15) is 4.31 Å². The van der Waals surface area contributed by atoms with Crippen LogP contribution in [0.25, 0.3) is 10.6 Å². The SMILES string of the molecule is O=C(CSCc1csc(-c2ccccc2)n1)Nc1cccc(S(=O)(=O)N2CCOCC2)c1. The molecular formula is C22H23N3O4S3. The Balaban J connectivity index is 1.30. The summed E-state index contributed by atoms with van der Waals surface area (Å²) in [6.45, 7) is 1.44. The number of anilines is 1. The minimum absolute atomic E-state index is 0.167. The van der Waals surface area contributed by atoms with E-state index in [0.29, 0.717) is 37.7 Å². The van der Waals surface area contributed by atoms with E-state index in [9.17, 15) is 13.2 Å². The van der Waals surface area contributed by atoms with Gasteiger partial charge >= 0.3 is 0 Å².